The van der Waals surface area contributed by atoms with Gasteiger partial charge in [-0.1, -0.05) is 72.1 Å². The van der Waals surface area contributed by atoms with Gasteiger partial charge in [-0.15, -0.1) is 0 Å². The Balaban J connectivity index is 1.76. The van der Waals surface area contributed by atoms with Crippen LogP contribution in [0, 0.1) is 5.92 Å². The summed E-state index contributed by atoms with van der Waals surface area (Å²) in [5, 5.41) is 0. The highest BCUT2D eigenvalue weighted by molar-refractivity contribution is 4.84. The third-order valence-corrected chi connectivity index (χ3v) is 4.15. The Hall–Kier alpha value is -0.0800. The van der Waals surface area contributed by atoms with Crippen molar-refractivity contribution in [1.29, 1.82) is 0 Å². The summed E-state index contributed by atoms with van der Waals surface area (Å²) in [6, 6.07) is 0. The van der Waals surface area contributed by atoms with Gasteiger partial charge in [-0.3, -0.25) is 0 Å². The van der Waals surface area contributed by atoms with E-state index in [2.05, 4.69) is 20.8 Å². The minimum absolute atomic E-state index is 0.409. The van der Waals surface area contributed by atoms with E-state index in [1.807, 2.05) is 0 Å². The van der Waals surface area contributed by atoms with Crippen molar-refractivity contribution < 1.29 is 9.47 Å². The number of ether oxygens (including phenoxy) is 2. The minimum Gasteiger partial charge on any atom is -0.379 e. The quantitative estimate of drug-likeness (QED) is 0.317. The Kier molecular flexibility index (Phi) is 10.4. The predicted molar refractivity (Wildman–Crippen MR) is 86.2 cm³/mol. The van der Waals surface area contributed by atoms with E-state index in [0.29, 0.717) is 12.2 Å². The molecule has 2 heteroatoms. The first-order chi connectivity index (χ1) is 9.74. The van der Waals surface area contributed by atoms with Gasteiger partial charge in [0.15, 0.2) is 0 Å². The van der Waals surface area contributed by atoms with Crippen molar-refractivity contribution in [2.24, 2.45) is 5.92 Å². The van der Waals surface area contributed by atoms with Crippen LogP contribution in [0.1, 0.15) is 85.0 Å². The summed E-state index contributed by atoms with van der Waals surface area (Å²) in [4.78, 5) is 0. The Morgan fingerprint density at radius 2 is 1.55 bits per heavy atom. The third-order valence-electron chi connectivity index (χ3n) is 4.15. The lowest BCUT2D eigenvalue weighted by Crippen LogP contribution is -2.07. The monoisotopic (exact) mass is 284 g/mol. The molecule has 2 nitrogen and oxygen atoms in total. The van der Waals surface area contributed by atoms with Gasteiger partial charge >= 0.3 is 0 Å². The molecule has 1 fully saturated rings. The van der Waals surface area contributed by atoms with Crippen LogP contribution in [0.4, 0.5) is 0 Å². The van der Waals surface area contributed by atoms with Crippen molar-refractivity contribution in [2.45, 2.75) is 97.2 Å². The summed E-state index contributed by atoms with van der Waals surface area (Å²) in [5.74, 6) is 0.739. The normalized spacial score (nSPS) is 21.6. The van der Waals surface area contributed by atoms with Crippen LogP contribution in [0.2, 0.25) is 0 Å². The number of hydrogen-bond donors (Lipinski definition) is 0. The minimum atomic E-state index is 0.409. The molecule has 0 aromatic rings. The van der Waals surface area contributed by atoms with Crippen LogP contribution in [0.15, 0.2) is 0 Å². The van der Waals surface area contributed by atoms with Crippen LogP contribution in [0.5, 0.6) is 0 Å². The van der Waals surface area contributed by atoms with Gasteiger partial charge in [0.1, 0.15) is 6.10 Å². The Bertz CT molecular complexity index is 215. The molecule has 20 heavy (non-hydrogen) atoms. The van der Waals surface area contributed by atoms with Crippen molar-refractivity contribution in [3.05, 3.63) is 0 Å². The van der Waals surface area contributed by atoms with Crippen LogP contribution in [-0.4, -0.2) is 25.4 Å². The fraction of sp³-hybridized carbons (Fsp3) is 1.00. The molecule has 0 N–H and O–H groups in total. The molecule has 0 aliphatic carbocycles. The summed E-state index contributed by atoms with van der Waals surface area (Å²) < 4.78 is 11.3. The van der Waals surface area contributed by atoms with E-state index in [1.54, 1.807) is 0 Å². The Morgan fingerprint density at radius 1 is 0.900 bits per heavy atom. The van der Waals surface area contributed by atoms with E-state index < -0.39 is 0 Å². The first-order valence-corrected chi connectivity index (χ1v) is 8.97. The zero-order valence-corrected chi connectivity index (χ0v) is 14.0. The number of unbranched alkanes of at least 4 members (excludes halogenated alkanes) is 7. The fourth-order valence-electron chi connectivity index (χ4n) is 2.58. The van der Waals surface area contributed by atoms with Crippen molar-refractivity contribution >= 4 is 0 Å². The molecule has 1 aliphatic rings. The van der Waals surface area contributed by atoms with Gasteiger partial charge in [0.2, 0.25) is 0 Å². The molecular weight excluding hydrogens is 248 g/mol. The van der Waals surface area contributed by atoms with Gasteiger partial charge in [0.05, 0.1) is 12.7 Å². The number of hydrogen-bond acceptors (Lipinski definition) is 2. The Labute approximate surface area is 126 Å². The van der Waals surface area contributed by atoms with Gasteiger partial charge < -0.3 is 9.47 Å². The highest BCUT2D eigenvalue weighted by Crippen LogP contribution is 2.28. The van der Waals surface area contributed by atoms with E-state index in [1.165, 1.54) is 57.8 Å². The van der Waals surface area contributed by atoms with Crippen LogP contribution >= 0.6 is 0 Å². The Morgan fingerprint density at radius 3 is 2.20 bits per heavy atom. The first-order valence-electron chi connectivity index (χ1n) is 8.97. The average molecular weight is 284 g/mol. The highest BCUT2D eigenvalue weighted by Gasteiger charge is 2.37. The molecule has 0 spiro atoms. The van der Waals surface area contributed by atoms with Crippen LogP contribution in [0.3, 0.4) is 0 Å². The van der Waals surface area contributed by atoms with E-state index in [0.717, 1.165) is 25.6 Å². The van der Waals surface area contributed by atoms with E-state index >= 15 is 0 Å². The molecule has 1 aliphatic heterocycles. The molecule has 0 bridgehead atoms. The number of epoxide rings is 1. The lowest BCUT2D eigenvalue weighted by atomic mass is 10.1. The maximum absolute atomic E-state index is 5.66. The summed E-state index contributed by atoms with van der Waals surface area (Å²) >= 11 is 0. The molecule has 0 radical (unpaired) electrons. The van der Waals surface area contributed by atoms with Gasteiger partial charge in [-0.05, 0) is 18.8 Å². The average Bonchev–Trinajstić information content (AvgIpc) is 3.16. The molecule has 1 rings (SSSR count). The topological polar surface area (TPSA) is 21.8 Å². The summed E-state index contributed by atoms with van der Waals surface area (Å²) in [7, 11) is 0. The lowest BCUT2D eigenvalue weighted by Gasteiger charge is -2.04. The van der Waals surface area contributed by atoms with Crippen molar-refractivity contribution in [3.8, 4) is 0 Å². The third kappa shape index (κ3) is 9.77. The van der Waals surface area contributed by atoms with Crippen LogP contribution in [-0.2, 0) is 9.47 Å². The molecule has 1 saturated heterocycles. The standard InChI is InChI=1S/C18H36O2/c1-4-5-6-7-8-9-10-11-12-17-18(20-17)15-19-14-13-16(2)3/h16-18H,4-15H2,1-3H3/t17-,18+/m0/s1. The predicted octanol–water partition coefficient (Wildman–Crippen LogP) is 5.35. The van der Waals surface area contributed by atoms with Gasteiger partial charge in [0.25, 0.3) is 0 Å². The maximum Gasteiger partial charge on any atom is 0.107 e. The largest absolute Gasteiger partial charge is 0.379 e. The molecule has 0 unspecified atom stereocenters. The smallest absolute Gasteiger partial charge is 0.107 e. The molecule has 0 aromatic heterocycles. The molecule has 1 heterocycles. The van der Waals surface area contributed by atoms with E-state index in [9.17, 15) is 0 Å². The summed E-state index contributed by atoms with van der Waals surface area (Å²) in [6.07, 6.45) is 14.5. The summed E-state index contributed by atoms with van der Waals surface area (Å²) in [6.45, 7) is 8.46. The van der Waals surface area contributed by atoms with Crippen molar-refractivity contribution in [3.63, 3.8) is 0 Å². The maximum atomic E-state index is 5.66. The molecule has 2 atom stereocenters. The number of rotatable bonds is 14. The first kappa shape index (κ1) is 18.0. The zero-order valence-electron chi connectivity index (χ0n) is 14.0. The molecule has 0 saturated carbocycles. The lowest BCUT2D eigenvalue weighted by molar-refractivity contribution is 0.107. The summed E-state index contributed by atoms with van der Waals surface area (Å²) in [5.41, 5.74) is 0. The van der Waals surface area contributed by atoms with E-state index in [-0.39, 0.29) is 0 Å². The van der Waals surface area contributed by atoms with Crippen molar-refractivity contribution in [2.75, 3.05) is 13.2 Å². The molecule has 0 aromatic carbocycles. The highest BCUT2D eigenvalue weighted by atomic mass is 16.6. The van der Waals surface area contributed by atoms with Gasteiger partial charge in [0, 0.05) is 6.61 Å². The molecule has 0 amide bonds. The zero-order chi connectivity index (χ0) is 14.6. The second-order valence-corrected chi connectivity index (χ2v) is 6.73. The SMILES string of the molecule is CCCCCCCCCC[C@@H]1O[C@@H]1COCCC(C)C. The molecule has 120 valence electrons. The fourth-order valence-corrected chi connectivity index (χ4v) is 2.58. The van der Waals surface area contributed by atoms with Crippen molar-refractivity contribution in [1.82, 2.24) is 0 Å². The second kappa shape index (κ2) is 11.6. The van der Waals surface area contributed by atoms with Crippen LogP contribution in [0.25, 0.3) is 0 Å². The second-order valence-electron chi connectivity index (χ2n) is 6.73. The van der Waals surface area contributed by atoms with Gasteiger partial charge in [-0.25, -0.2) is 0 Å². The van der Waals surface area contributed by atoms with Gasteiger partial charge in [-0.2, -0.15) is 0 Å². The molecular formula is C18H36O2. The van der Waals surface area contributed by atoms with Crippen LogP contribution < -0.4 is 0 Å². The van der Waals surface area contributed by atoms with E-state index in [4.69, 9.17) is 9.47 Å².